The van der Waals surface area contributed by atoms with Crippen molar-refractivity contribution < 1.29 is 285 Å². The van der Waals surface area contributed by atoms with Gasteiger partial charge < -0.3 is 34.9 Å². The number of aromatic nitrogens is 2. The number of anilines is 1. The molecule has 3 amide bonds. The van der Waals surface area contributed by atoms with Crippen LogP contribution < -0.4 is 226 Å². The number of hydrazone groups is 1. The molecule has 3 aromatic rings. The van der Waals surface area contributed by atoms with Gasteiger partial charge in [-0.05, 0) is 67.1 Å². The number of carbonyl (C=O) groups is 4. The number of hydrogen-bond acceptors (Lipinski definition) is 21. The molecule has 2 aliphatic rings. The monoisotopic (exact) mass is 1040 g/mol. The summed E-state index contributed by atoms with van der Waals surface area (Å²) in [5.74, 6) is -4.10. The molecule has 1 fully saturated rings. The van der Waals surface area contributed by atoms with E-state index in [-0.39, 0.29) is 240 Å². The molecule has 3 heterocycles. The molecule has 2 aliphatic heterocycles. The summed E-state index contributed by atoms with van der Waals surface area (Å²) >= 11 is 0.610. The van der Waals surface area contributed by atoms with Crippen molar-refractivity contribution in [1.82, 2.24) is 20.0 Å². The number of benzene rings is 2. The SMILES string of the molecule is CNC(=O)c1nn(-c2cc(SOO[O-])ccc2S(=O)(=O)[O-])c(O)c1/C=C/C(=C/C=C1/C(=O)N(c2cc(SOO[O-])ccc2S(=O)(=O)[O-])N=C1C(C)=O)N1CCCC1=O.[K+].[K+].[K+].[K+]. The van der Waals surface area contributed by atoms with Gasteiger partial charge in [0.25, 0.3) is 11.8 Å². The van der Waals surface area contributed by atoms with Gasteiger partial charge in [0, 0.05) is 42.4 Å². The van der Waals surface area contributed by atoms with Crippen LogP contribution >= 0.6 is 24.1 Å². The van der Waals surface area contributed by atoms with Crippen LogP contribution in [0, 0.1) is 0 Å². The molecule has 0 aliphatic carbocycles. The van der Waals surface area contributed by atoms with Crippen molar-refractivity contribution in [3.8, 4) is 11.6 Å². The Morgan fingerprint density at radius 2 is 1.45 bits per heavy atom. The Labute approximate surface area is 531 Å². The van der Waals surface area contributed by atoms with E-state index >= 15 is 0 Å². The fraction of sp³-hybridized carbons (Fsp3) is 0.161. The van der Waals surface area contributed by atoms with E-state index in [1.54, 1.807) is 0 Å². The Bertz CT molecular complexity index is 2550. The number of Topliss-reactive ketones (excluding diaryl/α,β-unsaturated/α-hetero) is 1. The zero-order valence-electron chi connectivity index (χ0n) is 33.2. The number of carbonyl (C=O) groups excluding carboxylic acids is 4. The number of aromatic hydroxyl groups is 1. The van der Waals surface area contributed by atoms with E-state index in [2.05, 4.69) is 34.3 Å². The van der Waals surface area contributed by atoms with Crippen LogP contribution in [0.4, 0.5) is 5.69 Å². The van der Waals surface area contributed by atoms with E-state index in [9.17, 15) is 60.7 Å². The number of allylic oxidation sites excluding steroid dienone is 3. The van der Waals surface area contributed by atoms with E-state index in [0.29, 0.717) is 40.2 Å². The smallest absolute Gasteiger partial charge is 0.744 e. The Morgan fingerprint density at radius 1 is 0.903 bits per heavy atom. The van der Waals surface area contributed by atoms with Gasteiger partial charge in [-0.15, -0.1) is 0 Å². The van der Waals surface area contributed by atoms with Crippen molar-refractivity contribution in [3.63, 3.8) is 0 Å². The molecular weight excluding hydrogens is 1010 g/mol. The first-order chi connectivity index (χ1) is 27.4. The average molecular weight is 1040 g/mol. The van der Waals surface area contributed by atoms with Crippen LogP contribution in [-0.2, 0) is 53.4 Å². The third kappa shape index (κ3) is 15.1. The maximum absolute atomic E-state index is 13.8. The van der Waals surface area contributed by atoms with E-state index in [1.807, 2.05) is 0 Å². The topological polar surface area (TPSA) is 335 Å². The van der Waals surface area contributed by atoms with Gasteiger partial charge >= 0.3 is 206 Å². The average Bonchev–Trinajstić information content (AvgIpc) is 3.85. The molecule has 0 spiro atoms. The van der Waals surface area contributed by atoms with Crippen LogP contribution in [0.25, 0.3) is 11.8 Å². The third-order valence-electron chi connectivity index (χ3n) is 7.95. The summed E-state index contributed by atoms with van der Waals surface area (Å²) in [4.78, 5) is 51.8. The van der Waals surface area contributed by atoms with Crippen molar-refractivity contribution >= 4 is 85.3 Å². The molecule has 2 N–H and O–H groups in total. The summed E-state index contributed by atoms with van der Waals surface area (Å²) in [6.07, 6.45) is 5.02. The van der Waals surface area contributed by atoms with Crippen LogP contribution in [0.1, 0.15) is 35.8 Å². The Morgan fingerprint density at radius 3 is 1.94 bits per heavy atom. The molecule has 62 heavy (non-hydrogen) atoms. The van der Waals surface area contributed by atoms with Crippen LogP contribution in [-0.4, -0.2) is 88.5 Å². The Kier molecular flexibility index (Phi) is 27.1. The number of nitrogens with zero attached hydrogens (tertiary/aromatic N) is 5. The van der Waals surface area contributed by atoms with Crippen molar-refractivity contribution in [3.05, 3.63) is 77.2 Å². The molecule has 0 saturated carbocycles. The molecule has 308 valence electrons. The summed E-state index contributed by atoms with van der Waals surface area (Å²) in [5.41, 5.74) is -3.02. The fourth-order valence-electron chi connectivity index (χ4n) is 5.47. The third-order valence-corrected chi connectivity index (χ3v) is 10.9. The van der Waals surface area contributed by atoms with Gasteiger partial charge in [0.2, 0.25) is 11.8 Å². The number of rotatable bonds is 16. The first-order valence-corrected chi connectivity index (χ1v) is 20.1. The van der Waals surface area contributed by atoms with Gasteiger partial charge in [-0.1, -0.05) is 0 Å². The van der Waals surface area contributed by atoms with Gasteiger partial charge in [-0.25, -0.2) is 16.8 Å². The van der Waals surface area contributed by atoms with Crippen molar-refractivity contribution in [2.45, 2.75) is 39.3 Å². The zero-order chi connectivity index (χ0) is 42.5. The molecule has 0 unspecified atom stereocenters. The number of ketones is 1. The molecular formula is C31H24K4N6O17S4. The van der Waals surface area contributed by atoms with Crippen molar-refractivity contribution in [1.29, 1.82) is 0 Å². The normalized spacial score (nSPS) is 14.9. The second-order valence-corrected chi connectivity index (χ2v) is 15.7. The predicted molar refractivity (Wildman–Crippen MR) is 189 cm³/mol. The first kappa shape index (κ1) is 61.3. The summed E-state index contributed by atoms with van der Waals surface area (Å²) < 4.78 is 81.9. The Hall–Kier alpha value is 1.25. The minimum atomic E-state index is -5.26. The largest absolute Gasteiger partial charge is 1.00 e. The second-order valence-electron chi connectivity index (χ2n) is 11.5. The zero-order valence-corrected chi connectivity index (χ0v) is 49.0. The minimum absolute atomic E-state index is 0. The molecule has 2 aromatic carbocycles. The minimum Gasteiger partial charge on any atom is -0.744 e. The summed E-state index contributed by atoms with van der Waals surface area (Å²) in [6, 6.07) is 5.73. The number of amides is 3. The quantitative estimate of drug-likeness (QED) is 0.0256. The maximum Gasteiger partial charge on any atom is 1.00 e. The number of likely N-dealkylation sites (tertiary alicyclic amines) is 1. The van der Waals surface area contributed by atoms with Gasteiger partial charge in [0.15, 0.2) is 11.5 Å². The molecule has 23 nitrogen and oxygen atoms in total. The summed E-state index contributed by atoms with van der Waals surface area (Å²) in [7, 11) is -9.30. The number of hydrogen-bond donors (Lipinski definition) is 2. The summed E-state index contributed by atoms with van der Waals surface area (Å²) in [5, 5.41) is 49.4. The van der Waals surface area contributed by atoms with Crippen molar-refractivity contribution in [2.75, 3.05) is 18.6 Å². The predicted octanol–water partition coefficient (Wildman–Crippen LogP) is -12.3. The molecule has 0 radical (unpaired) electrons. The van der Waals surface area contributed by atoms with Gasteiger partial charge in [-0.2, -0.15) is 28.6 Å². The van der Waals surface area contributed by atoms with E-state index in [1.165, 1.54) is 24.1 Å². The molecule has 0 atom stereocenters. The molecule has 0 bridgehead atoms. The van der Waals surface area contributed by atoms with Crippen LogP contribution in [0.5, 0.6) is 5.88 Å². The van der Waals surface area contributed by atoms with Crippen LogP contribution in [0.2, 0.25) is 0 Å². The molecule has 5 rings (SSSR count). The van der Waals surface area contributed by atoms with E-state index < -0.39 is 87.8 Å². The van der Waals surface area contributed by atoms with Gasteiger partial charge in [0.1, 0.15) is 25.9 Å². The second kappa shape index (κ2) is 27.4. The van der Waals surface area contributed by atoms with E-state index in [0.717, 1.165) is 55.5 Å². The molecule has 1 saturated heterocycles. The Balaban J connectivity index is 0.00000480. The fourth-order valence-corrected chi connectivity index (χ4v) is 7.52. The first-order valence-electron chi connectivity index (χ1n) is 15.8. The van der Waals surface area contributed by atoms with Crippen LogP contribution in [0.3, 0.4) is 0 Å². The summed E-state index contributed by atoms with van der Waals surface area (Å²) in [6.45, 7) is 1.17. The van der Waals surface area contributed by atoms with E-state index in [4.69, 9.17) is 0 Å². The van der Waals surface area contributed by atoms with Gasteiger partial charge in [-0.3, -0.25) is 29.3 Å². The number of nitrogens with one attached hydrogen (secondary N) is 1. The maximum atomic E-state index is 13.8. The standard InChI is InChI=1S/C31H28N6O17S4.4K/c1-16(38)27-20(30(41)36(33-27)22-14-18(55-53-51-43)7-11-24(22)57(45,46)47)9-5-17(35-13-3-4-26(35)39)6-10-21-28(29(40)32-2)34-37(31(21)42)23-15-19(56-54-52-44)8-12-25(23)58(48,49)50;;;;/h5-12,14-15,42-44H,3-4,13H2,1-2H3,(H,32,40)(H,45,46,47)(H,48,49,50);;;;/q;4*+1/p-4/b10-6+,17-5-,20-9+;;;;. The van der Waals surface area contributed by atoms with Gasteiger partial charge in [0.05, 0.1) is 56.4 Å². The molecule has 31 heteroatoms. The van der Waals surface area contributed by atoms with Crippen LogP contribution in [0.15, 0.2) is 90.6 Å². The molecule has 1 aromatic heterocycles. The van der Waals surface area contributed by atoms with Crippen molar-refractivity contribution in [2.24, 2.45) is 5.10 Å².